The summed E-state index contributed by atoms with van der Waals surface area (Å²) in [7, 11) is -2.86. The van der Waals surface area contributed by atoms with Crippen molar-refractivity contribution in [2.24, 2.45) is 5.92 Å². The minimum atomic E-state index is -2.86. The summed E-state index contributed by atoms with van der Waals surface area (Å²) in [6.45, 7) is 2.61. The lowest BCUT2D eigenvalue weighted by atomic mass is 10.0. The van der Waals surface area contributed by atoms with E-state index in [4.69, 9.17) is 14.2 Å². The molecule has 0 amide bonds. The van der Waals surface area contributed by atoms with Gasteiger partial charge in [-0.05, 0) is 6.92 Å². The minimum absolute atomic E-state index is 0.111. The van der Waals surface area contributed by atoms with E-state index in [-0.39, 0.29) is 12.0 Å². The van der Waals surface area contributed by atoms with Crippen molar-refractivity contribution in [1.29, 1.82) is 0 Å². The Kier molecular flexibility index (Phi) is 1.93. The lowest BCUT2D eigenvalue weighted by molar-refractivity contribution is -0.431. The van der Waals surface area contributed by atoms with E-state index >= 15 is 0 Å². The van der Waals surface area contributed by atoms with Crippen LogP contribution in [0.4, 0.5) is 0 Å². The first-order chi connectivity index (χ1) is 5.64. The summed E-state index contributed by atoms with van der Waals surface area (Å²) in [5, 5.41) is 0. The smallest absolute Gasteiger partial charge is 0.496 e. The average Bonchev–Trinajstić information content (AvgIpc) is 2.05. The Bertz CT molecular complexity index is 210. The van der Waals surface area contributed by atoms with Gasteiger partial charge in [-0.25, -0.2) is 0 Å². The maximum atomic E-state index is 10.7. The molecular weight excluding hydrogens is 183 g/mol. The Morgan fingerprint density at radius 3 is 2.42 bits per heavy atom. The van der Waals surface area contributed by atoms with Gasteiger partial charge in [0.2, 0.25) is 0 Å². The van der Waals surface area contributed by atoms with Crippen LogP contribution in [0.3, 0.4) is 0 Å². The number of fused-ring (bicyclic) bond motifs is 3. The van der Waals surface area contributed by atoms with Gasteiger partial charge >= 0.3 is 13.7 Å². The highest BCUT2D eigenvalue weighted by molar-refractivity contribution is 7.37. The maximum Gasteiger partial charge on any atom is 0.496 e. The fourth-order valence-corrected chi connectivity index (χ4v) is 1.95. The summed E-state index contributed by atoms with van der Waals surface area (Å²) in [5.74, 6) is 0.154. The van der Waals surface area contributed by atoms with E-state index in [0.717, 1.165) is 0 Å². The second kappa shape index (κ2) is 2.72. The van der Waals surface area contributed by atoms with E-state index in [1.807, 2.05) is 6.92 Å². The molecule has 3 rings (SSSR count). The number of ether oxygens (including phenoxy) is 3. The topological polar surface area (TPSA) is 67.8 Å². The summed E-state index contributed by atoms with van der Waals surface area (Å²) < 4.78 is 25.7. The summed E-state index contributed by atoms with van der Waals surface area (Å²) >= 11 is 0. The van der Waals surface area contributed by atoms with Crippen molar-refractivity contribution in [3.63, 3.8) is 0 Å². The van der Waals surface area contributed by atoms with E-state index in [1.165, 1.54) is 0 Å². The normalized spacial score (nSPS) is 47.7. The van der Waals surface area contributed by atoms with Crippen LogP contribution in [0.1, 0.15) is 6.92 Å². The van der Waals surface area contributed by atoms with Crippen molar-refractivity contribution in [2.45, 2.75) is 18.7 Å². The molecule has 6 heteroatoms. The molecule has 3 aliphatic heterocycles. The first-order valence-corrected chi connectivity index (χ1v) is 4.92. The molecule has 0 aliphatic carbocycles. The molecule has 5 nitrogen and oxygen atoms in total. The van der Waals surface area contributed by atoms with Crippen LogP contribution in [0, 0.1) is 5.92 Å². The maximum absolute atomic E-state index is 10.7. The molecule has 2 bridgehead atoms. The van der Waals surface area contributed by atoms with Crippen LogP contribution in [0.15, 0.2) is 0 Å². The lowest BCUT2D eigenvalue weighted by Crippen LogP contribution is -2.56. The van der Waals surface area contributed by atoms with E-state index in [1.54, 1.807) is 0 Å². The molecular formula is C6H9O5P. The zero-order valence-electron chi connectivity index (χ0n) is 6.56. The summed E-state index contributed by atoms with van der Waals surface area (Å²) in [5.41, 5.74) is -1.79. The van der Waals surface area contributed by atoms with E-state index in [0.29, 0.717) is 13.2 Å². The molecule has 2 atom stereocenters. The summed E-state index contributed by atoms with van der Waals surface area (Å²) in [4.78, 5) is 10.7. The van der Waals surface area contributed by atoms with Crippen molar-refractivity contribution in [3.05, 3.63) is 0 Å². The average molecular weight is 192 g/mol. The van der Waals surface area contributed by atoms with Crippen LogP contribution >= 0.6 is 8.03 Å². The van der Waals surface area contributed by atoms with E-state index < -0.39 is 13.7 Å². The van der Waals surface area contributed by atoms with Gasteiger partial charge in [-0.1, -0.05) is 4.57 Å². The second-order valence-corrected chi connectivity index (χ2v) is 4.05. The number of hydrogen-bond acceptors (Lipinski definition) is 5. The van der Waals surface area contributed by atoms with Gasteiger partial charge in [0.25, 0.3) is 0 Å². The molecule has 0 saturated carbocycles. The third-order valence-corrected chi connectivity index (χ3v) is 2.99. The molecule has 68 valence electrons. The zero-order chi connectivity index (χ0) is 8.77. The summed E-state index contributed by atoms with van der Waals surface area (Å²) in [6, 6.07) is 0. The van der Waals surface area contributed by atoms with Crippen molar-refractivity contribution in [2.75, 3.05) is 13.2 Å². The molecule has 0 spiro atoms. The zero-order valence-corrected chi connectivity index (χ0v) is 7.45. The molecule has 12 heavy (non-hydrogen) atoms. The van der Waals surface area contributed by atoms with Gasteiger partial charge in [0.15, 0.2) is 0 Å². The Labute approximate surface area is 70.5 Å². The largest absolute Gasteiger partial charge is 0.589 e. The van der Waals surface area contributed by atoms with Crippen molar-refractivity contribution < 1.29 is 23.7 Å². The van der Waals surface area contributed by atoms with E-state index in [9.17, 15) is 9.46 Å². The third kappa shape index (κ3) is 1.09. The van der Waals surface area contributed by atoms with Crippen molar-refractivity contribution in [3.8, 4) is 0 Å². The quantitative estimate of drug-likeness (QED) is 0.537. The Balaban J connectivity index is 2.21. The molecule has 0 aromatic rings. The summed E-state index contributed by atoms with van der Waals surface area (Å²) in [6.07, 6.45) is -0.111. The predicted octanol–water partition coefficient (Wildman–Crippen LogP) is -0.218. The van der Waals surface area contributed by atoms with Gasteiger partial charge in [-0.3, -0.25) is 14.2 Å². The highest BCUT2D eigenvalue weighted by atomic mass is 31.1. The second-order valence-electron chi connectivity index (χ2n) is 2.99. The SMILES string of the molecule is CC1OC2([P+](=O)[O-])OCC1CO2. The molecule has 0 aromatic carbocycles. The molecule has 0 N–H and O–H groups in total. The van der Waals surface area contributed by atoms with Gasteiger partial charge in [-0.2, -0.15) is 0 Å². The Hall–Kier alpha value is -0.0600. The van der Waals surface area contributed by atoms with Crippen LogP contribution in [0.2, 0.25) is 0 Å². The molecule has 0 aromatic heterocycles. The van der Waals surface area contributed by atoms with Crippen LogP contribution in [0.5, 0.6) is 0 Å². The standard InChI is InChI=1S/C6H9O5P/c1-4-5-2-9-6(11-4,10-3-5)12(7)8/h4-5H,2-3H2,1H3. The predicted molar refractivity (Wildman–Crippen MR) is 36.3 cm³/mol. The third-order valence-electron chi connectivity index (χ3n) is 2.18. The van der Waals surface area contributed by atoms with Crippen LogP contribution in [-0.2, 0) is 18.8 Å². The van der Waals surface area contributed by atoms with Crippen molar-refractivity contribution in [1.82, 2.24) is 0 Å². The fourth-order valence-electron chi connectivity index (χ4n) is 1.33. The van der Waals surface area contributed by atoms with Gasteiger partial charge in [0.1, 0.15) is 0 Å². The molecule has 2 unspecified atom stereocenters. The highest BCUT2D eigenvalue weighted by Gasteiger charge is 2.59. The van der Waals surface area contributed by atoms with E-state index in [2.05, 4.69) is 0 Å². The Morgan fingerprint density at radius 2 is 2.08 bits per heavy atom. The first-order valence-electron chi connectivity index (χ1n) is 3.74. The monoisotopic (exact) mass is 192 g/mol. The van der Waals surface area contributed by atoms with Gasteiger partial charge in [0.05, 0.1) is 19.3 Å². The molecule has 3 saturated heterocycles. The molecule has 3 heterocycles. The molecule has 3 fully saturated rings. The Morgan fingerprint density at radius 1 is 1.50 bits per heavy atom. The molecule has 3 aliphatic rings. The van der Waals surface area contributed by atoms with Gasteiger partial charge in [-0.15, -0.1) is 0 Å². The van der Waals surface area contributed by atoms with Crippen LogP contribution in [0.25, 0.3) is 0 Å². The van der Waals surface area contributed by atoms with Crippen LogP contribution < -0.4 is 4.89 Å². The lowest BCUT2D eigenvalue weighted by Gasteiger charge is -2.42. The van der Waals surface area contributed by atoms with Gasteiger partial charge in [0, 0.05) is 5.92 Å². The van der Waals surface area contributed by atoms with Crippen molar-refractivity contribution >= 4 is 8.03 Å². The highest BCUT2D eigenvalue weighted by Crippen LogP contribution is 2.45. The number of rotatable bonds is 1. The first kappa shape index (κ1) is 8.53. The van der Waals surface area contributed by atoms with Gasteiger partial charge < -0.3 is 4.89 Å². The fraction of sp³-hybridized carbons (Fsp3) is 1.00. The van der Waals surface area contributed by atoms with Crippen LogP contribution in [-0.4, -0.2) is 25.0 Å². The number of hydrogen-bond donors (Lipinski definition) is 0. The minimum Gasteiger partial charge on any atom is -0.589 e. The molecule has 0 radical (unpaired) electrons.